The summed E-state index contributed by atoms with van der Waals surface area (Å²) in [6.07, 6.45) is 15.0. The first-order valence-corrected chi connectivity index (χ1v) is 7.38. The number of isocyanates is 1. The topological polar surface area (TPSA) is 29.4 Å². The van der Waals surface area contributed by atoms with E-state index in [2.05, 4.69) is 18.8 Å². The van der Waals surface area contributed by atoms with Crippen LogP contribution in [0.25, 0.3) is 0 Å². The number of rotatable bonds is 6. The number of nitrogens with zero attached hydrogens (tertiary/aromatic N) is 1. The molecule has 0 aromatic rings. The minimum Gasteiger partial charge on any atom is -0.211 e. The molecule has 0 radical (unpaired) electrons. The van der Waals surface area contributed by atoms with E-state index in [4.69, 9.17) is 0 Å². The van der Waals surface area contributed by atoms with Crippen LogP contribution in [0.3, 0.4) is 0 Å². The van der Waals surface area contributed by atoms with Gasteiger partial charge in [-0.05, 0) is 12.3 Å². The fourth-order valence-electron chi connectivity index (χ4n) is 2.27. The van der Waals surface area contributed by atoms with E-state index in [1.807, 2.05) is 0 Å². The molecule has 1 saturated carbocycles. The van der Waals surface area contributed by atoms with Gasteiger partial charge in [0.1, 0.15) is 0 Å². The molecule has 0 saturated heterocycles. The summed E-state index contributed by atoms with van der Waals surface area (Å²) in [6.45, 7) is 5.15. The van der Waals surface area contributed by atoms with Crippen molar-refractivity contribution in [2.75, 3.05) is 6.54 Å². The van der Waals surface area contributed by atoms with E-state index in [1.54, 1.807) is 6.08 Å². The maximum Gasteiger partial charge on any atom is 0.234 e. The molecule has 0 amide bonds. The third kappa shape index (κ3) is 11.6. The second-order valence-corrected chi connectivity index (χ2v) is 4.97. The van der Waals surface area contributed by atoms with Crippen molar-refractivity contribution < 1.29 is 4.79 Å². The Bertz CT molecular complexity index is 187. The Morgan fingerprint density at radius 1 is 1.06 bits per heavy atom. The molecule has 0 bridgehead atoms. The predicted molar refractivity (Wildman–Crippen MR) is 74.0 cm³/mol. The van der Waals surface area contributed by atoms with Crippen LogP contribution in [0.15, 0.2) is 4.99 Å². The predicted octanol–water partition coefficient (Wildman–Crippen LogP) is 4.88. The van der Waals surface area contributed by atoms with Crippen molar-refractivity contribution in [3.8, 4) is 0 Å². The third-order valence-electron chi connectivity index (χ3n) is 3.40. The van der Waals surface area contributed by atoms with Crippen molar-refractivity contribution in [1.82, 2.24) is 0 Å². The molecule has 100 valence electrons. The zero-order chi connectivity index (χ0) is 12.8. The Balaban J connectivity index is 0.000000366. The van der Waals surface area contributed by atoms with Gasteiger partial charge in [0, 0.05) is 0 Å². The van der Waals surface area contributed by atoms with Gasteiger partial charge >= 0.3 is 0 Å². The molecular formula is C15H29NO. The monoisotopic (exact) mass is 239 g/mol. The minimum absolute atomic E-state index is 0.689. The smallest absolute Gasteiger partial charge is 0.211 e. The molecule has 17 heavy (non-hydrogen) atoms. The molecule has 0 spiro atoms. The maximum atomic E-state index is 9.75. The minimum atomic E-state index is 0.689. The van der Waals surface area contributed by atoms with Gasteiger partial charge in [-0.15, -0.1) is 0 Å². The van der Waals surface area contributed by atoms with E-state index in [0.29, 0.717) is 6.54 Å². The van der Waals surface area contributed by atoms with Crippen LogP contribution in [0, 0.1) is 5.92 Å². The second kappa shape index (κ2) is 13.4. The van der Waals surface area contributed by atoms with Gasteiger partial charge < -0.3 is 0 Å². The van der Waals surface area contributed by atoms with Crippen LogP contribution in [-0.4, -0.2) is 12.6 Å². The molecule has 1 aliphatic rings. The van der Waals surface area contributed by atoms with Gasteiger partial charge in [0.15, 0.2) is 0 Å². The van der Waals surface area contributed by atoms with Crippen LogP contribution in [-0.2, 0) is 4.79 Å². The van der Waals surface area contributed by atoms with Crippen LogP contribution >= 0.6 is 0 Å². The van der Waals surface area contributed by atoms with E-state index >= 15 is 0 Å². The summed E-state index contributed by atoms with van der Waals surface area (Å²) < 4.78 is 0. The third-order valence-corrected chi connectivity index (χ3v) is 3.40. The van der Waals surface area contributed by atoms with E-state index in [1.165, 1.54) is 57.8 Å². The molecule has 2 nitrogen and oxygen atoms in total. The Labute approximate surface area is 107 Å². The highest BCUT2D eigenvalue weighted by Gasteiger charge is 2.11. The van der Waals surface area contributed by atoms with E-state index in [0.717, 1.165) is 12.3 Å². The number of hydrogen-bond acceptors (Lipinski definition) is 2. The lowest BCUT2D eigenvalue weighted by atomic mass is 9.87. The Morgan fingerprint density at radius 3 is 2.12 bits per heavy atom. The molecular weight excluding hydrogens is 210 g/mol. The fourth-order valence-corrected chi connectivity index (χ4v) is 2.27. The van der Waals surface area contributed by atoms with Crippen molar-refractivity contribution >= 4 is 6.08 Å². The van der Waals surface area contributed by atoms with Gasteiger partial charge in [0.25, 0.3) is 0 Å². The summed E-state index contributed by atoms with van der Waals surface area (Å²) >= 11 is 0. The second-order valence-electron chi connectivity index (χ2n) is 4.97. The molecule has 0 N–H and O–H groups in total. The van der Waals surface area contributed by atoms with E-state index in [9.17, 15) is 4.79 Å². The van der Waals surface area contributed by atoms with Crippen molar-refractivity contribution in [3.63, 3.8) is 0 Å². The van der Waals surface area contributed by atoms with Crippen molar-refractivity contribution in [1.29, 1.82) is 0 Å². The molecule has 1 aliphatic carbocycles. The van der Waals surface area contributed by atoms with Crippen LogP contribution in [0.4, 0.5) is 0 Å². The van der Waals surface area contributed by atoms with Gasteiger partial charge in [-0.3, -0.25) is 0 Å². The van der Waals surface area contributed by atoms with Gasteiger partial charge in [0.2, 0.25) is 6.08 Å². The van der Waals surface area contributed by atoms with Gasteiger partial charge in [-0.25, -0.2) is 9.79 Å². The highest BCUT2D eigenvalue weighted by molar-refractivity contribution is 5.32. The largest absolute Gasteiger partial charge is 0.234 e. The number of carbonyl (C=O) groups excluding carboxylic acids is 1. The molecule has 0 aliphatic heterocycles. The maximum absolute atomic E-state index is 9.75. The zero-order valence-corrected chi connectivity index (χ0v) is 11.7. The summed E-state index contributed by atoms with van der Waals surface area (Å²) in [5, 5.41) is 0. The quantitative estimate of drug-likeness (QED) is 0.369. The van der Waals surface area contributed by atoms with Crippen molar-refractivity contribution in [2.45, 2.75) is 78.1 Å². The molecule has 0 unspecified atom stereocenters. The Kier molecular flexibility index (Phi) is 13.0. The van der Waals surface area contributed by atoms with Gasteiger partial charge in [-0.2, -0.15) is 0 Å². The Morgan fingerprint density at radius 2 is 1.65 bits per heavy atom. The summed E-state index contributed by atoms with van der Waals surface area (Å²) in [6, 6.07) is 0. The lowest BCUT2D eigenvalue weighted by Crippen LogP contribution is -2.07. The molecule has 1 rings (SSSR count). The zero-order valence-electron chi connectivity index (χ0n) is 11.7. The normalized spacial score (nSPS) is 15.6. The first kappa shape index (κ1) is 16.4. The summed E-state index contributed by atoms with van der Waals surface area (Å²) in [5.74, 6) is 0.834. The molecule has 0 aromatic heterocycles. The summed E-state index contributed by atoms with van der Waals surface area (Å²) in [7, 11) is 0. The lowest BCUT2D eigenvalue weighted by molar-refractivity contribution is 0.343. The molecule has 2 heteroatoms. The van der Waals surface area contributed by atoms with Gasteiger partial charge in [0.05, 0.1) is 6.54 Å². The first-order chi connectivity index (χ1) is 8.35. The number of unbranched alkanes of at least 4 members (excludes halogenated alkanes) is 3. The van der Waals surface area contributed by atoms with Crippen LogP contribution < -0.4 is 0 Å². The summed E-state index contributed by atoms with van der Waals surface area (Å²) in [5.41, 5.74) is 0. The molecule has 1 fully saturated rings. The van der Waals surface area contributed by atoms with E-state index < -0.39 is 0 Å². The van der Waals surface area contributed by atoms with Gasteiger partial charge in [-0.1, -0.05) is 71.6 Å². The van der Waals surface area contributed by atoms with Crippen LogP contribution in [0.2, 0.25) is 0 Å². The average Bonchev–Trinajstić information content (AvgIpc) is 2.39. The van der Waals surface area contributed by atoms with E-state index in [-0.39, 0.29) is 0 Å². The fraction of sp³-hybridized carbons (Fsp3) is 0.933. The van der Waals surface area contributed by atoms with Crippen molar-refractivity contribution in [3.05, 3.63) is 0 Å². The molecule has 0 atom stereocenters. The van der Waals surface area contributed by atoms with Crippen LogP contribution in [0.5, 0.6) is 0 Å². The lowest BCUT2D eigenvalue weighted by Gasteiger charge is -2.19. The number of aliphatic imine (C=N–C) groups is 1. The molecule has 0 heterocycles. The van der Waals surface area contributed by atoms with Crippen LogP contribution in [0.1, 0.15) is 78.1 Å². The SMILES string of the molecule is CCCCCC.O=C=NCCC1CCCCC1. The highest BCUT2D eigenvalue weighted by atomic mass is 16.1. The number of hydrogen-bond donors (Lipinski definition) is 0. The van der Waals surface area contributed by atoms with Crippen molar-refractivity contribution in [2.24, 2.45) is 10.9 Å². The summed E-state index contributed by atoms with van der Waals surface area (Å²) in [4.78, 5) is 13.3. The highest BCUT2D eigenvalue weighted by Crippen LogP contribution is 2.25. The molecule has 0 aromatic carbocycles. The standard InChI is InChI=1S/C9H15NO.C6H14/c11-8-10-7-6-9-4-2-1-3-5-9;1-3-5-6-4-2/h9H,1-7H2;3-6H2,1-2H3. The average molecular weight is 239 g/mol. The first-order valence-electron chi connectivity index (χ1n) is 7.38. The Hall–Kier alpha value is -0.620.